The first-order valence-electron chi connectivity index (χ1n) is 10.7. The largest absolute Gasteiger partial charge is 2.00 e. The molecular formula is C27H35NNiO2P+. The monoisotopic (exact) mass is 494 g/mol. The van der Waals surface area contributed by atoms with Gasteiger partial charge in [-0.05, 0) is 40.8 Å². The molecule has 3 nitrogen and oxygen atoms in total. The zero-order valence-corrected chi connectivity index (χ0v) is 22.0. The van der Waals surface area contributed by atoms with Crippen LogP contribution in [0.15, 0.2) is 42.5 Å². The molecule has 0 aromatic heterocycles. The molecule has 0 N–H and O–H groups in total. The maximum absolute atomic E-state index is 12.8. The van der Waals surface area contributed by atoms with Gasteiger partial charge in [0.25, 0.3) is 0 Å². The van der Waals surface area contributed by atoms with Gasteiger partial charge in [0.15, 0.2) is 0 Å². The van der Waals surface area contributed by atoms with E-state index in [0.29, 0.717) is 0 Å². The van der Waals surface area contributed by atoms with Crippen molar-refractivity contribution in [2.24, 2.45) is 0 Å². The van der Waals surface area contributed by atoms with Gasteiger partial charge in [-0.1, -0.05) is 49.7 Å². The molecular weight excluding hydrogens is 460 g/mol. The van der Waals surface area contributed by atoms with Crippen LogP contribution in [0.1, 0.15) is 43.4 Å². The number of hydrogen-bond donors (Lipinski definition) is 0. The molecule has 0 bridgehead atoms. The van der Waals surface area contributed by atoms with Gasteiger partial charge < -0.3 is 18.4 Å². The van der Waals surface area contributed by atoms with Crippen molar-refractivity contribution < 1.29 is 30.2 Å². The Balaban J connectivity index is 0.000000662. The molecule has 0 amide bonds. The van der Waals surface area contributed by atoms with E-state index in [0.717, 1.165) is 45.6 Å². The van der Waals surface area contributed by atoms with Crippen LogP contribution in [0.4, 0.5) is 0 Å². The van der Waals surface area contributed by atoms with Crippen molar-refractivity contribution in [2.45, 2.75) is 33.6 Å². The standard InChI is InChI=1S/C21H21NO2P.2C3H7.Ni/c1-13-8-9-15-18(12-13)14-6-5-7-16-19(22(2)3)11-10-17(20(14)16)21(15)25(23)24-4;2*1-3-2;/h5-12,25H,1-4H3;2*1,3H2,2H3;/q+1;2*-1;+2. The number of benzene rings is 3. The Morgan fingerprint density at radius 3 is 2.16 bits per heavy atom. The summed E-state index contributed by atoms with van der Waals surface area (Å²) in [7, 11) is 3.30. The number of fused-ring (bicyclic) bond motifs is 2. The molecule has 174 valence electrons. The maximum Gasteiger partial charge on any atom is 2.00 e. The molecule has 1 atom stereocenters. The predicted molar refractivity (Wildman–Crippen MR) is 138 cm³/mol. The van der Waals surface area contributed by atoms with Crippen LogP contribution >= 0.6 is 8.03 Å². The van der Waals surface area contributed by atoms with E-state index in [-0.39, 0.29) is 16.5 Å². The van der Waals surface area contributed by atoms with E-state index in [9.17, 15) is 4.57 Å². The number of hydrogen-bond acceptors (Lipinski definition) is 2. The molecule has 1 aliphatic carbocycles. The number of rotatable bonds is 2. The molecule has 0 radical (unpaired) electrons. The maximum atomic E-state index is 12.8. The van der Waals surface area contributed by atoms with Crippen LogP contribution in [0.3, 0.4) is 0 Å². The zero-order valence-electron chi connectivity index (χ0n) is 20.0. The second-order valence-corrected chi connectivity index (χ2v) is 9.15. The van der Waals surface area contributed by atoms with Crippen LogP contribution in [-0.2, 0) is 25.6 Å². The van der Waals surface area contributed by atoms with Gasteiger partial charge in [-0.2, -0.15) is 12.8 Å². The van der Waals surface area contributed by atoms with Gasteiger partial charge in [-0.15, -0.1) is 0 Å². The van der Waals surface area contributed by atoms with Crippen molar-refractivity contribution >= 4 is 46.7 Å². The van der Waals surface area contributed by atoms with E-state index in [1.807, 2.05) is 27.9 Å². The summed E-state index contributed by atoms with van der Waals surface area (Å²) in [6, 6.07) is 12.7. The Bertz CT molecular complexity index is 1160. The third-order valence-electron chi connectivity index (χ3n) is 4.89. The first-order chi connectivity index (χ1) is 14.9. The van der Waals surface area contributed by atoms with Crippen LogP contribution in [0.2, 0.25) is 0 Å². The summed E-state index contributed by atoms with van der Waals surface area (Å²) in [5.74, 6) is 0. The molecule has 0 spiro atoms. The fraction of sp³-hybridized carbons (Fsp3) is 0.296. The summed E-state index contributed by atoms with van der Waals surface area (Å²) in [5, 5.41) is 5.35. The van der Waals surface area contributed by atoms with Crippen LogP contribution in [0.5, 0.6) is 0 Å². The van der Waals surface area contributed by atoms with E-state index in [2.05, 4.69) is 73.9 Å². The van der Waals surface area contributed by atoms with E-state index < -0.39 is 8.03 Å². The van der Waals surface area contributed by atoms with Crippen molar-refractivity contribution in [1.29, 1.82) is 0 Å². The second kappa shape index (κ2) is 13.1. The van der Waals surface area contributed by atoms with Gasteiger partial charge in [0.1, 0.15) is 14.1 Å². The average Bonchev–Trinajstić information content (AvgIpc) is 2.75. The summed E-state index contributed by atoms with van der Waals surface area (Å²) in [6.45, 7) is 13.1. The minimum atomic E-state index is -2.32. The van der Waals surface area contributed by atoms with Crippen LogP contribution in [-0.4, -0.2) is 31.5 Å². The molecule has 1 aliphatic rings. The predicted octanol–water partition coefficient (Wildman–Crippen LogP) is 6.59. The average molecular weight is 495 g/mol. The molecule has 3 aromatic carbocycles. The first kappa shape index (κ1) is 28.3. The van der Waals surface area contributed by atoms with Gasteiger partial charge in [0.05, 0.1) is 5.56 Å². The Kier molecular flexibility index (Phi) is 11.6. The molecule has 3 aromatic rings. The normalized spacial score (nSPS) is 12.3. The van der Waals surface area contributed by atoms with Gasteiger partial charge >= 0.3 is 16.5 Å². The quantitative estimate of drug-likeness (QED) is 0.132. The fourth-order valence-electron chi connectivity index (χ4n) is 3.78. The summed E-state index contributed by atoms with van der Waals surface area (Å²) in [5.41, 5.74) is 4.56. The molecule has 0 heterocycles. The topological polar surface area (TPSA) is 29.3 Å². The second-order valence-electron chi connectivity index (χ2n) is 7.67. The number of allylic oxidation sites excluding steroid dienone is 1. The number of aryl methyl sites for hydroxylation is 1. The summed E-state index contributed by atoms with van der Waals surface area (Å²) < 4.78 is 20.2. The minimum absolute atomic E-state index is 0. The molecule has 0 aliphatic heterocycles. The Morgan fingerprint density at radius 1 is 0.969 bits per heavy atom. The van der Waals surface area contributed by atoms with Gasteiger partial charge in [0, 0.05) is 23.9 Å². The fourth-order valence-corrected chi connectivity index (χ4v) is 4.85. The molecule has 0 saturated carbocycles. The Morgan fingerprint density at radius 2 is 1.59 bits per heavy atom. The zero-order chi connectivity index (χ0) is 23.1. The molecule has 4 rings (SSSR count). The third kappa shape index (κ3) is 5.79. The molecule has 0 fully saturated rings. The van der Waals surface area contributed by atoms with Crippen molar-refractivity contribution in [3.63, 3.8) is 0 Å². The van der Waals surface area contributed by atoms with Gasteiger partial charge in [-0.25, -0.2) is 4.58 Å². The van der Waals surface area contributed by atoms with Gasteiger partial charge in [-0.3, -0.25) is 4.57 Å². The summed E-state index contributed by atoms with van der Waals surface area (Å²) in [4.78, 5) is 0. The van der Waals surface area contributed by atoms with Crippen LogP contribution < -0.4 is 5.30 Å². The van der Waals surface area contributed by atoms with E-state index in [1.165, 1.54) is 23.6 Å². The number of nitrogens with zero attached hydrogens (tertiary/aromatic N) is 1. The molecule has 0 saturated heterocycles. The SMILES string of the molecule is CO[PH](=O)c1c2c3c(cccc3c3cc(C)ccc13)C(=[N+](C)C)C=C2.[CH2-]CC.[CH2-]CC.[Ni+2]. The third-order valence-corrected chi connectivity index (χ3v) is 6.21. The van der Waals surface area contributed by atoms with E-state index in [4.69, 9.17) is 4.52 Å². The molecule has 32 heavy (non-hydrogen) atoms. The van der Waals surface area contributed by atoms with E-state index in [1.54, 1.807) is 0 Å². The van der Waals surface area contributed by atoms with Crippen molar-refractivity contribution in [2.75, 3.05) is 21.2 Å². The summed E-state index contributed by atoms with van der Waals surface area (Å²) >= 11 is 0. The first-order valence-corrected chi connectivity index (χ1v) is 12.1. The van der Waals surface area contributed by atoms with Crippen molar-refractivity contribution in [3.8, 4) is 0 Å². The van der Waals surface area contributed by atoms with Crippen molar-refractivity contribution in [3.05, 3.63) is 73.0 Å². The Labute approximate surface area is 204 Å². The molecule has 5 heteroatoms. The van der Waals surface area contributed by atoms with Crippen LogP contribution in [0.25, 0.3) is 27.6 Å². The van der Waals surface area contributed by atoms with E-state index >= 15 is 0 Å². The van der Waals surface area contributed by atoms with Crippen LogP contribution in [0, 0.1) is 20.8 Å². The smallest absolute Gasteiger partial charge is 0.344 e. The summed E-state index contributed by atoms with van der Waals surface area (Å²) in [6.07, 6.45) is 6.19. The minimum Gasteiger partial charge on any atom is -0.344 e. The molecule has 1 unspecified atom stereocenters. The Hall–Kier alpha value is -1.73. The van der Waals surface area contributed by atoms with Gasteiger partial charge in [0.2, 0.25) is 13.7 Å². The van der Waals surface area contributed by atoms with Crippen molar-refractivity contribution in [1.82, 2.24) is 0 Å².